The van der Waals surface area contributed by atoms with E-state index in [0.717, 1.165) is 0 Å². The van der Waals surface area contributed by atoms with Gasteiger partial charge in [0.2, 0.25) is 0 Å². The zero-order valence-corrected chi connectivity index (χ0v) is 8.32. The number of piperazine rings is 1. The van der Waals surface area contributed by atoms with E-state index in [4.69, 9.17) is 15.9 Å². The van der Waals surface area contributed by atoms with E-state index in [1.807, 2.05) is 0 Å². The maximum Gasteiger partial charge on any atom is 0.409 e. The fraction of sp³-hybridized carbons (Fsp3) is 0.750. The molecule has 1 heterocycles. The Hall–Kier alpha value is -1.46. The van der Waals surface area contributed by atoms with Crippen molar-refractivity contribution in [3.63, 3.8) is 0 Å². The summed E-state index contributed by atoms with van der Waals surface area (Å²) in [5.41, 5.74) is 5.32. The molecule has 0 atom stereocenters. The molecular weight excluding hydrogens is 184 g/mol. The van der Waals surface area contributed by atoms with Crippen LogP contribution in [-0.2, 0) is 4.74 Å². The first-order valence-corrected chi connectivity index (χ1v) is 4.65. The third-order valence-corrected chi connectivity index (χ3v) is 2.15. The number of hydrogen-bond acceptors (Lipinski definition) is 3. The number of rotatable bonds is 1. The lowest BCUT2D eigenvalue weighted by molar-refractivity contribution is 0.0917. The first-order valence-electron chi connectivity index (χ1n) is 4.65. The minimum atomic E-state index is -0.282. The molecule has 80 valence electrons. The van der Waals surface area contributed by atoms with Crippen LogP contribution in [0.5, 0.6) is 0 Å². The average molecular weight is 200 g/mol. The lowest BCUT2D eigenvalue weighted by atomic mass is 10.3. The van der Waals surface area contributed by atoms with Crippen LogP contribution in [-0.4, -0.2) is 54.6 Å². The normalized spacial score (nSPS) is 16.6. The number of ether oxygens (including phenoxy) is 1. The molecule has 0 spiro atoms. The highest BCUT2D eigenvalue weighted by Gasteiger charge is 2.21. The molecule has 1 fully saturated rings. The predicted molar refractivity (Wildman–Crippen MR) is 52.1 cm³/mol. The van der Waals surface area contributed by atoms with Gasteiger partial charge in [0, 0.05) is 26.2 Å². The molecule has 6 nitrogen and oxygen atoms in total. The zero-order chi connectivity index (χ0) is 10.6. The summed E-state index contributed by atoms with van der Waals surface area (Å²) in [4.78, 5) is 14.6. The molecule has 0 aromatic heterocycles. The summed E-state index contributed by atoms with van der Waals surface area (Å²) in [5.74, 6) is 0.0634. The van der Waals surface area contributed by atoms with Crippen molar-refractivity contribution in [3.05, 3.63) is 0 Å². The Morgan fingerprint density at radius 1 is 1.36 bits per heavy atom. The van der Waals surface area contributed by atoms with Crippen LogP contribution >= 0.6 is 0 Å². The second-order valence-electron chi connectivity index (χ2n) is 3.06. The lowest BCUT2D eigenvalue weighted by Gasteiger charge is -2.34. The van der Waals surface area contributed by atoms with Crippen molar-refractivity contribution in [1.29, 1.82) is 5.41 Å². The summed E-state index contributed by atoms with van der Waals surface area (Å²) in [6, 6.07) is 0. The quantitative estimate of drug-likeness (QED) is 0.448. The smallest absolute Gasteiger partial charge is 0.409 e. The lowest BCUT2D eigenvalue weighted by Crippen LogP contribution is -2.52. The number of nitrogens with zero attached hydrogens (tertiary/aromatic N) is 2. The van der Waals surface area contributed by atoms with Crippen LogP contribution in [0.25, 0.3) is 0 Å². The molecule has 1 amide bonds. The molecular formula is C8H16N4O2. The van der Waals surface area contributed by atoms with Gasteiger partial charge >= 0.3 is 6.09 Å². The van der Waals surface area contributed by atoms with Crippen molar-refractivity contribution in [2.24, 2.45) is 5.73 Å². The van der Waals surface area contributed by atoms with Crippen molar-refractivity contribution in [2.75, 3.05) is 32.8 Å². The second kappa shape index (κ2) is 4.69. The first-order chi connectivity index (χ1) is 6.65. The SMILES string of the molecule is CCOC(=O)N1CCN(C(=N)N)CC1. The minimum absolute atomic E-state index is 0.0634. The van der Waals surface area contributed by atoms with Crippen molar-refractivity contribution < 1.29 is 9.53 Å². The zero-order valence-electron chi connectivity index (χ0n) is 8.32. The van der Waals surface area contributed by atoms with Gasteiger partial charge in [-0.1, -0.05) is 0 Å². The van der Waals surface area contributed by atoms with Crippen molar-refractivity contribution in [1.82, 2.24) is 9.80 Å². The number of nitrogens with two attached hydrogens (primary N) is 1. The second-order valence-corrected chi connectivity index (χ2v) is 3.06. The Morgan fingerprint density at radius 2 is 1.86 bits per heavy atom. The summed E-state index contributed by atoms with van der Waals surface area (Å²) < 4.78 is 4.86. The molecule has 0 aromatic rings. The average Bonchev–Trinajstić information content (AvgIpc) is 2.18. The van der Waals surface area contributed by atoms with Gasteiger partial charge in [-0.25, -0.2) is 4.79 Å². The van der Waals surface area contributed by atoms with Gasteiger partial charge in [0.05, 0.1) is 6.61 Å². The molecule has 0 unspecified atom stereocenters. The van der Waals surface area contributed by atoms with E-state index in [2.05, 4.69) is 0 Å². The van der Waals surface area contributed by atoms with Gasteiger partial charge < -0.3 is 20.3 Å². The van der Waals surface area contributed by atoms with Crippen LogP contribution < -0.4 is 5.73 Å². The van der Waals surface area contributed by atoms with Gasteiger partial charge in [-0.3, -0.25) is 5.41 Å². The van der Waals surface area contributed by atoms with Gasteiger partial charge in [0.25, 0.3) is 0 Å². The summed E-state index contributed by atoms with van der Waals surface area (Å²) in [6.45, 7) is 4.52. The number of guanidine groups is 1. The van der Waals surface area contributed by atoms with Crippen LogP contribution in [0.15, 0.2) is 0 Å². The van der Waals surface area contributed by atoms with E-state index in [-0.39, 0.29) is 12.1 Å². The van der Waals surface area contributed by atoms with Crippen LogP contribution in [0, 0.1) is 5.41 Å². The highest BCUT2D eigenvalue weighted by molar-refractivity contribution is 5.75. The third kappa shape index (κ3) is 2.51. The van der Waals surface area contributed by atoms with Gasteiger partial charge in [0.15, 0.2) is 5.96 Å². The third-order valence-electron chi connectivity index (χ3n) is 2.15. The Balaban J connectivity index is 2.35. The highest BCUT2D eigenvalue weighted by atomic mass is 16.6. The monoisotopic (exact) mass is 200 g/mol. The Kier molecular flexibility index (Phi) is 3.55. The summed E-state index contributed by atoms with van der Waals surface area (Å²) in [7, 11) is 0. The molecule has 0 aromatic carbocycles. The Labute approximate surface area is 83.1 Å². The maximum atomic E-state index is 11.3. The number of carbonyl (C=O) groups is 1. The van der Waals surface area contributed by atoms with E-state index in [1.54, 1.807) is 16.7 Å². The number of nitrogens with one attached hydrogen (secondary N) is 1. The van der Waals surface area contributed by atoms with E-state index in [0.29, 0.717) is 32.8 Å². The van der Waals surface area contributed by atoms with Gasteiger partial charge in [-0.05, 0) is 6.92 Å². The van der Waals surface area contributed by atoms with Crippen LogP contribution in [0.2, 0.25) is 0 Å². The summed E-state index contributed by atoms with van der Waals surface area (Å²) >= 11 is 0. The van der Waals surface area contributed by atoms with E-state index < -0.39 is 0 Å². The van der Waals surface area contributed by atoms with Crippen LogP contribution in [0.1, 0.15) is 6.92 Å². The number of amides is 1. The van der Waals surface area contributed by atoms with Gasteiger partial charge in [0.1, 0.15) is 0 Å². The minimum Gasteiger partial charge on any atom is -0.450 e. The number of carbonyl (C=O) groups excluding carboxylic acids is 1. The van der Waals surface area contributed by atoms with E-state index in [1.165, 1.54) is 0 Å². The van der Waals surface area contributed by atoms with Crippen molar-refractivity contribution in [2.45, 2.75) is 6.92 Å². The fourth-order valence-corrected chi connectivity index (χ4v) is 1.34. The summed E-state index contributed by atoms with van der Waals surface area (Å²) in [6.07, 6.45) is -0.282. The molecule has 1 aliphatic heterocycles. The molecule has 3 N–H and O–H groups in total. The van der Waals surface area contributed by atoms with Crippen LogP contribution in [0.4, 0.5) is 4.79 Å². The fourth-order valence-electron chi connectivity index (χ4n) is 1.34. The highest BCUT2D eigenvalue weighted by Crippen LogP contribution is 2.02. The Morgan fingerprint density at radius 3 is 2.29 bits per heavy atom. The molecule has 0 aliphatic carbocycles. The first kappa shape index (κ1) is 10.6. The van der Waals surface area contributed by atoms with Crippen LogP contribution in [0.3, 0.4) is 0 Å². The summed E-state index contributed by atoms with van der Waals surface area (Å²) in [5, 5.41) is 7.21. The molecule has 0 bridgehead atoms. The molecule has 6 heteroatoms. The number of hydrogen-bond donors (Lipinski definition) is 2. The van der Waals surface area contributed by atoms with Gasteiger partial charge in [-0.15, -0.1) is 0 Å². The molecule has 1 rings (SSSR count). The van der Waals surface area contributed by atoms with Gasteiger partial charge in [-0.2, -0.15) is 0 Å². The molecule has 1 saturated heterocycles. The standard InChI is InChI=1S/C8H16N4O2/c1-2-14-8(13)12-5-3-11(4-6-12)7(9)10/h2-6H2,1H3,(H3,9,10). The largest absolute Gasteiger partial charge is 0.450 e. The van der Waals surface area contributed by atoms with E-state index in [9.17, 15) is 4.79 Å². The molecule has 0 saturated carbocycles. The molecule has 14 heavy (non-hydrogen) atoms. The molecule has 0 radical (unpaired) electrons. The van der Waals surface area contributed by atoms with Crippen molar-refractivity contribution in [3.8, 4) is 0 Å². The van der Waals surface area contributed by atoms with E-state index >= 15 is 0 Å². The topological polar surface area (TPSA) is 82.7 Å². The Bertz CT molecular complexity index is 223. The maximum absolute atomic E-state index is 11.3. The van der Waals surface area contributed by atoms with Crippen molar-refractivity contribution >= 4 is 12.1 Å². The predicted octanol–water partition coefficient (Wildman–Crippen LogP) is -0.346. The molecule has 1 aliphatic rings.